The molecule has 0 spiro atoms. The van der Waals surface area contributed by atoms with Crippen LogP contribution in [0.2, 0.25) is 0 Å². The van der Waals surface area contributed by atoms with Gasteiger partial charge in [-0.15, -0.1) is 10.2 Å². The number of hydrogen-bond acceptors (Lipinski definition) is 5. The van der Waals surface area contributed by atoms with Crippen LogP contribution < -0.4 is 5.32 Å². The third-order valence-corrected chi connectivity index (χ3v) is 4.30. The van der Waals surface area contributed by atoms with Crippen LogP contribution in [0.5, 0.6) is 0 Å². The van der Waals surface area contributed by atoms with Gasteiger partial charge in [-0.3, -0.25) is 4.79 Å². The number of nitrogens with zero attached hydrogens (tertiary/aromatic N) is 2. The van der Waals surface area contributed by atoms with Crippen molar-refractivity contribution < 1.29 is 13.6 Å². The second-order valence-corrected chi connectivity index (χ2v) is 6.17. The summed E-state index contributed by atoms with van der Waals surface area (Å²) < 4.78 is 19.1. The second kappa shape index (κ2) is 7.94. The molecule has 0 radical (unpaired) electrons. The van der Waals surface area contributed by atoms with Crippen LogP contribution >= 0.6 is 11.8 Å². The standard InChI is InChI=1S/C18H16FN3O2S/c1-2-12-7-9-13(10-8-12)20-16(23)11-25-18-22-21-17(24-18)14-5-3-4-6-15(14)19/h3-10H,2,11H2,1H3,(H,20,23). The Balaban J connectivity index is 1.56. The average molecular weight is 357 g/mol. The fourth-order valence-electron chi connectivity index (χ4n) is 2.16. The first-order valence-corrected chi connectivity index (χ1v) is 8.74. The van der Waals surface area contributed by atoms with Gasteiger partial charge in [0.25, 0.3) is 11.1 Å². The van der Waals surface area contributed by atoms with Gasteiger partial charge < -0.3 is 9.73 Å². The molecule has 7 heteroatoms. The Labute approximate surface area is 148 Å². The summed E-state index contributed by atoms with van der Waals surface area (Å²) in [7, 11) is 0. The maximum Gasteiger partial charge on any atom is 0.277 e. The third kappa shape index (κ3) is 4.45. The van der Waals surface area contributed by atoms with Crippen molar-refractivity contribution in [1.82, 2.24) is 10.2 Å². The van der Waals surface area contributed by atoms with Crippen molar-refractivity contribution in [3.05, 3.63) is 59.9 Å². The van der Waals surface area contributed by atoms with E-state index in [1.54, 1.807) is 18.2 Å². The number of nitrogens with one attached hydrogen (secondary N) is 1. The minimum atomic E-state index is -0.434. The lowest BCUT2D eigenvalue weighted by atomic mass is 10.1. The summed E-state index contributed by atoms with van der Waals surface area (Å²) in [5.74, 6) is -0.402. The molecule has 0 aliphatic rings. The highest BCUT2D eigenvalue weighted by Gasteiger charge is 2.14. The van der Waals surface area contributed by atoms with E-state index in [0.29, 0.717) is 0 Å². The zero-order chi connectivity index (χ0) is 17.6. The van der Waals surface area contributed by atoms with Crippen LogP contribution in [0.15, 0.2) is 58.2 Å². The zero-order valence-electron chi connectivity index (χ0n) is 13.5. The maximum absolute atomic E-state index is 13.7. The van der Waals surface area contributed by atoms with E-state index in [4.69, 9.17) is 4.42 Å². The Kier molecular flexibility index (Phi) is 5.45. The summed E-state index contributed by atoms with van der Waals surface area (Å²) in [6.45, 7) is 2.07. The predicted molar refractivity (Wildman–Crippen MR) is 94.9 cm³/mol. The number of hydrogen-bond donors (Lipinski definition) is 1. The Morgan fingerprint density at radius 3 is 2.64 bits per heavy atom. The van der Waals surface area contributed by atoms with Gasteiger partial charge in [-0.1, -0.05) is 43.0 Å². The summed E-state index contributed by atoms with van der Waals surface area (Å²) in [6.07, 6.45) is 0.950. The molecule has 25 heavy (non-hydrogen) atoms. The van der Waals surface area contributed by atoms with Gasteiger partial charge in [0.2, 0.25) is 5.91 Å². The highest BCUT2D eigenvalue weighted by atomic mass is 32.2. The van der Waals surface area contributed by atoms with E-state index in [1.807, 2.05) is 24.3 Å². The van der Waals surface area contributed by atoms with E-state index in [-0.39, 0.29) is 28.3 Å². The Morgan fingerprint density at radius 2 is 1.92 bits per heavy atom. The lowest BCUT2D eigenvalue weighted by Crippen LogP contribution is -2.13. The number of carbonyl (C=O) groups excluding carboxylic acids is 1. The molecule has 1 heterocycles. The fourth-order valence-corrected chi connectivity index (χ4v) is 2.72. The molecule has 2 aromatic carbocycles. The van der Waals surface area contributed by atoms with Gasteiger partial charge >= 0.3 is 0 Å². The number of rotatable bonds is 6. The SMILES string of the molecule is CCc1ccc(NC(=O)CSc2nnc(-c3ccccc3F)o2)cc1. The molecule has 0 saturated carbocycles. The van der Waals surface area contributed by atoms with Crippen molar-refractivity contribution in [3.8, 4) is 11.5 Å². The minimum Gasteiger partial charge on any atom is -0.411 e. The first-order chi connectivity index (χ1) is 12.2. The monoisotopic (exact) mass is 357 g/mol. The summed E-state index contributed by atoms with van der Waals surface area (Å²) in [5, 5.41) is 10.7. The molecule has 0 aliphatic heterocycles. The lowest BCUT2D eigenvalue weighted by molar-refractivity contribution is -0.113. The van der Waals surface area contributed by atoms with Crippen molar-refractivity contribution >= 4 is 23.4 Å². The lowest BCUT2D eigenvalue weighted by Gasteiger charge is -2.04. The van der Waals surface area contributed by atoms with Crippen LogP contribution in [-0.4, -0.2) is 21.9 Å². The van der Waals surface area contributed by atoms with E-state index in [2.05, 4.69) is 22.4 Å². The molecule has 1 N–H and O–H groups in total. The van der Waals surface area contributed by atoms with Gasteiger partial charge in [-0.25, -0.2) is 4.39 Å². The Bertz CT molecular complexity index is 865. The van der Waals surface area contributed by atoms with Crippen molar-refractivity contribution in [2.45, 2.75) is 18.6 Å². The molecule has 0 saturated heterocycles. The van der Waals surface area contributed by atoms with Crippen LogP contribution in [0, 0.1) is 5.82 Å². The van der Waals surface area contributed by atoms with E-state index in [9.17, 15) is 9.18 Å². The van der Waals surface area contributed by atoms with Crippen LogP contribution in [-0.2, 0) is 11.2 Å². The normalized spacial score (nSPS) is 10.6. The van der Waals surface area contributed by atoms with Gasteiger partial charge in [0, 0.05) is 5.69 Å². The zero-order valence-corrected chi connectivity index (χ0v) is 14.3. The summed E-state index contributed by atoms with van der Waals surface area (Å²) >= 11 is 1.10. The topological polar surface area (TPSA) is 68.0 Å². The number of anilines is 1. The predicted octanol–water partition coefficient (Wildman–Crippen LogP) is 4.17. The Hall–Kier alpha value is -2.67. The molecule has 0 unspecified atom stereocenters. The second-order valence-electron chi connectivity index (χ2n) is 5.24. The number of thioether (sulfide) groups is 1. The van der Waals surface area contributed by atoms with E-state index in [0.717, 1.165) is 23.9 Å². The average Bonchev–Trinajstić information content (AvgIpc) is 3.10. The van der Waals surface area contributed by atoms with Crippen LogP contribution in [0.1, 0.15) is 12.5 Å². The van der Waals surface area contributed by atoms with E-state index in [1.165, 1.54) is 11.6 Å². The summed E-state index contributed by atoms with van der Waals surface area (Å²) in [5.41, 5.74) is 2.18. The molecule has 1 amide bonds. The maximum atomic E-state index is 13.7. The molecule has 128 valence electrons. The molecule has 0 atom stereocenters. The molecule has 0 aliphatic carbocycles. The largest absolute Gasteiger partial charge is 0.411 e. The fraction of sp³-hybridized carbons (Fsp3) is 0.167. The number of carbonyl (C=O) groups is 1. The quantitative estimate of drug-likeness (QED) is 0.671. The molecule has 3 rings (SSSR count). The van der Waals surface area contributed by atoms with Crippen LogP contribution in [0.4, 0.5) is 10.1 Å². The summed E-state index contributed by atoms with van der Waals surface area (Å²) in [6, 6.07) is 13.8. The van der Waals surface area contributed by atoms with Gasteiger partial charge in [-0.2, -0.15) is 0 Å². The van der Waals surface area contributed by atoms with Gasteiger partial charge in [-0.05, 0) is 36.2 Å². The molecule has 5 nitrogen and oxygen atoms in total. The minimum absolute atomic E-state index is 0.0937. The van der Waals surface area contributed by atoms with Gasteiger partial charge in [0.05, 0.1) is 11.3 Å². The first kappa shape index (κ1) is 17.2. The van der Waals surface area contributed by atoms with Crippen LogP contribution in [0.3, 0.4) is 0 Å². The number of halogens is 1. The highest BCUT2D eigenvalue weighted by Crippen LogP contribution is 2.25. The molecule has 3 aromatic rings. The number of aryl methyl sites for hydroxylation is 1. The first-order valence-electron chi connectivity index (χ1n) is 7.75. The molecule has 1 aromatic heterocycles. The van der Waals surface area contributed by atoms with Crippen molar-refractivity contribution in [2.24, 2.45) is 0 Å². The van der Waals surface area contributed by atoms with Crippen molar-refractivity contribution in [1.29, 1.82) is 0 Å². The Morgan fingerprint density at radius 1 is 1.16 bits per heavy atom. The smallest absolute Gasteiger partial charge is 0.277 e. The van der Waals surface area contributed by atoms with Gasteiger partial charge in [0.1, 0.15) is 5.82 Å². The van der Waals surface area contributed by atoms with Crippen LogP contribution in [0.25, 0.3) is 11.5 Å². The number of benzene rings is 2. The molecular formula is C18H16FN3O2S. The molecule has 0 bridgehead atoms. The number of amides is 1. The molecule has 0 fully saturated rings. The van der Waals surface area contributed by atoms with E-state index < -0.39 is 5.82 Å². The van der Waals surface area contributed by atoms with Gasteiger partial charge in [0.15, 0.2) is 0 Å². The highest BCUT2D eigenvalue weighted by molar-refractivity contribution is 7.99. The third-order valence-electron chi connectivity index (χ3n) is 3.48. The van der Waals surface area contributed by atoms with E-state index >= 15 is 0 Å². The van der Waals surface area contributed by atoms with Crippen molar-refractivity contribution in [2.75, 3.05) is 11.1 Å². The number of aromatic nitrogens is 2. The molecular weight excluding hydrogens is 341 g/mol. The summed E-state index contributed by atoms with van der Waals surface area (Å²) in [4.78, 5) is 12.0. The van der Waals surface area contributed by atoms with Crippen molar-refractivity contribution in [3.63, 3.8) is 0 Å².